The first kappa shape index (κ1) is 18.3. The van der Waals surface area contributed by atoms with Crippen LogP contribution in [0.2, 0.25) is 10.0 Å². The highest BCUT2D eigenvalue weighted by molar-refractivity contribution is 6.30. The summed E-state index contributed by atoms with van der Waals surface area (Å²) in [5.41, 5.74) is 3.55. The fourth-order valence-electron chi connectivity index (χ4n) is 2.70. The Morgan fingerprint density at radius 3 is 2.43 bits per heavy atom. The number of halogens is 2. The molecule has 0 saturated heterocycles. The van der Waals surface area contributed by atoms with E-state index in [-0.39, 0.29) is 5.91 Å². The molecule has 4 rings (SSSR count). The number of aromatic amines is 1. The number of nitrogens with zero attached hydrogens (tertiary/aromatic N) is 3. The first-order chi connectivity index (χ1) is 13.6. The number of hydrogen-bond acceptors (Lipinski definition) is 3. The molecule has 0 saturated carbocycles. The highest BCUT2D eigenvalue weighted by atomic mass is 35.5. The zero-order chi connectivity index (χ0) is 19.5. The van der Waals surface area contributed by atoms with Crippen LogP contribution in [0, 0.1) is 0 Å². The molecule has 0 spiro atoms. The molecule has 2 aromatic heterocycles. The Morgan fingerprint density at radius 1 is 1.04 bits per heavy atom. The van der Waals surface area contributed by atoms with Crippen LogP contribution >= 0.6 is 23.2 Å². The van der Waals surface area contributed by atoms with Crippen molar-refractivity contribution in [2.45, 2.75) is 6.54 Å². The second kappa shape index (κ2) is 7.88. The minimum absolute atomic E-state index is 0.293. The lowest BCUT2D eigenvalue weighted by atomic mass is 10.1. The van der Waals surface area contributed by atoms with Crippen molar-refractivity contribution in [3.63, 3.8) is 0 Å². The van der Waals surface area contributed by atoms with E-state index in [2.05, 4.69) is 20.6 Å². The van der Waals surface area contributed by atoms with Gasteiger partial charge in [-0.3, -0.25) is 14.6 Å². The van der Waals surface area contributed by atoms with Gasteiger partial charge in [0, 0.05) is 21.8 Å². The molecule has 8 heteroatoms. The molecule has 0 aliphatic rings. The van der Waals surface area contributed by atoms with E-state index in [0.29, 0.717) is 33.7 Å². The van der Waals surface area contributed by atoms with Gasteiger partial charge in [-0.2, -0.15) is 10.2 Å². The highest BCUT2D eigenvalue weighted by Crippen LogP contribution is 2.20. The number of anilines is 1. The van der Waals surface area contributed by atoms with E-state index in [1.54, 1.807) is 35.3 Å². The van der Waals surface area contributed by atoms with Crippen LogP contribution in [0.15, 0.2) is 67.0 Å². The summed E-state index contributed by atoms with van der Waals surface area (Å²) in [7, 11) is 0. The van der Waals surface area contributed by atoms with Gasteiger partial charge in [0.1, 0.15) is 5.69 Å². The molecule has 2 N–H and O–H groups in total. The summed E-state index contributed by atoms with van der Waals surface area (Å²) in [6.07, 6.45) is 3.37. The van der Waals surface area contributed by atoms with Crippen molar-refractivity contribution in [2.75, 3.05) is 5.32 Å². The molecule has 2 heterocycles. The number of hydrogen-bond donors (Lipinski definition) is 2. The number of aromatic nitrogens is 4. The average Bonchev–Trinajstić information content (AvgIpc) is 3.34. The molecule has 0 aliphatic carbocycles. The molecule has 4 aromatic rings. The Morgan fingerprint density at radius 2 is 1.71 bits per heavy atom. The van der Waals surface area contributed by atoms with Crippen molar-refractivity contribution < 1.29 is 4.79 Å². The molecule has 0 radical (unpaired) electrons. The second-order valence-electron chi connectivity index (χ2n) is 6.18. The van der Waals surface area contributed by atoms with Gasteiger partial charge >= 0.3 is 0 Å². The van der Waals surface area contributed by atoms with E-state index in [1.807, 2.05) is 36.4 Å². The summed E-state index contributed by atoms with van der Waals surface area (Å²) in [6.45, 7) is 0.581. The first-order valence-corrected chi connectivity index (χ1v) is 9.22. The normalized spacial score (nSPS) is 10.8. The van der Waals surface area contributed by atoms with Crippen molar-refractivity contribution in [1.29, 1.82) is 0 Å². The minimum atomic E-state index is -0.293. The Bertz CT molecular complexity index is 1100. The predicted molar refractivity (Wildman–Crippen MR) is 110 cm³/mol. The van der Waals surface area contributed by atoms with Crippen LogP contribution in [0.3, 0.4) is 0 Å². The first-order valence-electron chi connectivity index (χ1n) is 8.46. The summed E-state index contributed by atoms with van der Waals surface area (Å²) in [5.74, 6) is -0.293. The van der Waals surface area contributed by atoms with E-state index in [0.717, 1.165) is 11.1 Å². The lowest BCUT2D eigenvalue weighted by Crippen LogP contribution is -2.11. The average molecular weight is 412 g/mol. The van der Waals surface area contributed by atoms with E-state index < -0.39 is 0 Å². The van der Waals surface area contributed by atoms with Crippen LogP contribution in [0.1, 0.15) is 16.1 Å². The summed E-state index contributed by atoms with van der Waals surface area (Å²) in [6, 6.07) is 16.5. The van der Waals surface area contributed by atoms with Gasteiger partial charge in [0.05, 0.1) is 24.1 Å². The smallest absolute Gasteiger partial charge is 0.273 e. The van der Waals surface area contributed by atoms with E-state index in [9.17, 15) is 4.79 Å². The molecule has 28 heavy (non-hydrogen) atoms. The van der Waals surface area contributed by atoms with Gasteiger partial charge in [0.25, 0.3) is 5.91 Å². The molecule has 0 unspecified atom stereocenters. The Labute approximate surface area is 171 Å². The molecular weight excluding hydrogens is 397 g/mol. The maximum absolute atomic E-state index is 12.5. The van der Waals surface area contributed by atoms with Gasteiger partial charge in [-0.15, -0.1) is 0 Å². The van der Waals surface area contributed by atoms with Crippen LogP contribution in [0.25, 0.3) is 11.3 Å². The van der Waals surface area contributed by atoms with Gasteiger partial charge in [-0.25, -0.2) is 0 Å². The topological polar surface area (TPSA) is 75.6 Å². The quantitative estimate of drug-likeness (QED) is 0.491. The van der Waals surface area contributed by atoms with Crippen molar-refractivity contribution in [3.8, 4) is 11.3 Å². The number of rotatable bonds is 5. The fourth-order valence-corrected chi connectivity index (χ4v) is 2.95. The molecule has 0 bridgehead atoms. The lowest BCUT2D eigenvalue weighted by molar-refractivity contribution is 0.102. The number of nitrogens with one attached hydrogen (secondary N) is 2. The summed E-state index contributed by atoms with van der Waals surface area (Å²) in [5, 5.41) is 15.4. The van der Waals surface area contributed by atoms with Gasteiger partial charge in [-0.1, -0.05) is 47.5 Å². The zero-order valence-electron chi connectivity index (χ0n) is 14.6. The van der Waals surface area contributed by atoms with Gasteiger partial charge < -0.3 is 5.32 Å². The van der Waals surface area contributed by atoms with Crippen molar-refractivity contribution in [3.05, 3.63) is 88.3 Å². The standard InChI is InChI=1S/C20H15Cl2N5O/c21-15-5-1-13(2-6-15)11-27-12-17(10-23-27)24-20(28)19-9-18(25-26-19)14-3-7-16(22)8-4-14/h1-10,12H,11H2,(H,24,28)(H,25,26). The van der Waals surface area contributed by atoms with E-state index >= 15 is 0 Å². The molecule has 0 atom stereocenters. The SMILES string of the molecule is O=C(Nc1cnn(Cc2ccc(Cl)cc2)c1)c1cc(-c2ccc(Cl)cc2)n[nH]1. The Balaban J connectivity index is 1.42. The van der Waals surface area contributed by atoms with Crippen LogP contribution in [-0.2, 0) is 6.54 Å². The van der Waals surface area contributed by atoms with Crippen molar-refractivity contribution >= 4 is 34.8 Å². The van der Waals surface area contributed by atoms with Crippen molar-refractivity contribution in [1.82, 2.24) is 20.0 Å². The van der Waals surface area contributed by atoms with Crippen LogP contribution in [-0.4, -0.2) is 25.9 Å². The second-order valence-corrected chi connectivity index (χ2v) is 7.05. The maximum Gasteiger partial charge on any atom is 0.273 e. The molecule has 2 aromatic carbocycles. The molecule has 0 fully saturated rings. The third-order valence-electron chi connectivity index (χ3n) is 4.11. The number of carbonyl (C=O) groups excluding carboxylic acids is 1. The highest BCUT2D eigenvalue weighted by Gasteiger charge is 2.12. The Hall–Kier alpha value is -3.09. The molecule has 1 amide bonds. The minimum Gasteiger partial charge on any atom is -0.318 e. The monoisotopic (exact) mass is 411 g/mol. The summed E-state index contributed by atoms with van der Waals surface area (Å²) in [4.78, 5) is 12.5. The van der Waals surface area contributed by atoms with Crippen LogP contribution in [0.4, 0.5) is 5.69 Å². The molecular formula is C20H15Cl2N5O. The maximum atomic E-state index is 12.5. The molecule has 140 valence electrons. The fraction of sp³-hybridized carbons (Fsp3) is 0.0500. The number of benzene rings is 2. The van der Waals surface area contributed by atoms with Gasteiger partial charge in [0.2, 0.25) is 0 Å². The third-order valence-corrected chi connectivity index (χ3v) is 4.62. The van der Waals surface area contributed by atoms with Crippen molar-refractivity contribution in [2.24, 2.45) is 0 Å². The third kappa shape index (κ3) is 4.24. The summed E-state index contributed by atoms with van der Waals surface area (Å²) < 4.78 is 1.74. The number of carbonyl (C=O) groups is 1. The largest absolute Gasteiger partial charge is 0.318 e. The molecule has 0 aliphatic heterocycles. The lowest BCUT2D eigenvalue weighted by Gasteiger charge is -2.02. The Kier molecular flexibility index (Phi) is 5.14. The van der Waals surface area contributed by atoms with E-state index in [4.69, 9.17) is 23.2 Å². The van der Waals surface area contributed by atoms with Gasteiger partial charge in [0.15, 0.2) is 0 Å². The van der Waals surface area contributed by atoms with Crippen LogP contribution in [0.5, 0.6) is 0 Å². The number of H-pyrrole nitrogens is 1. The number of amides is 1. The predicted octanol–water partition coefficient (Wildman–Crippen LogP) is 4.88. The summed E-state index contributed by atoms with van der Waals surface area (Å²) >= 11 is 11.8. The zero-order valence-corrected chi connectivity index (χ0v) is 16.1. The van der Waals surface area contributed by atoms with Gasteiger partial charge in [-0.05, 0) is 35.9 Å². The molecule has 6 nitrogen and oxygen atoms in total. The van der Waals surface area contributed by atoms with Crippen LogP contribution < -0.4 is 5.32 Å². The van der Waals surface area contributed by atoms with E-state index in [1.165, 1.54) is 0 Å².